The molecule has 0 N–H and O–H groups in total. The number of halogens is 1. The molecule has 0 bridgehead atoms. The minimum absolute atomic E-state index is 0.156. The molecule has 4 nitrogen and oxygen atoms in total. The number of ketones is 1. The van der Waals surface area contributed by atoms with Gasteiger partial charge in [-0.1, -0.05) is 18.9 Å². The zero-order valence-corrected chi connectivity index (χ0v) is 13.6. The first-order valence-corrected chi connectivity index (χ1v) is 8.41. The van der Waals surface area contributed by atoms with Crippen molar-refractivity contribution in [3.63, 3.8) is 0 Å². The molecule has 23 heavy (non-hydrogen) atoms. The Labute approximate surface area is 136 Å². The van der Waals surface area contributed by atoms with Crippen molar-refractivity contribution in [2.45, 2.75) is 32.6 Å². The second-order valence-electron chi connectivity index (χ2n) is 6.48. The summed E-state index contributed by atoms with van der Waals surface area (Å²) in [7, 11) is 0. The Morgan fingerprint density at radius 3 is 2.35 bits per heavy atom. The third-order valence-corrected chi connectivity index (χ3v) is 4.98. The van der Waals surface area contributed by atoms with E-state index in [9.17, 15) is 14.0 Å². The summed E-state index contributed by atoms with van der Waals surface area (Å²) >= 11 is 0. The Hall–Kier alpha value is -1.91. The maximum Gasteiger partial charge on any atom is 0.225 e. The van der Waals surface area contributed by atoms with Gasteiger partial charge in [-0.2, -0.15) is 0 Å². The van der Waals surface area contributed by atoms with Crippen LogP contribution in [0, 0.1) is 11.7 Å². The van der Waals surface area contributed by atoms with Gasteiger partial charge < -0.3 is 9.80 Å². The summed E-state index contributed by atoms with van der Waals surface area (Å²) in [6.07, 6.45) is 4.33. The van der Waals surface area contributed by atoms with Crippen LogP contribution in [0.25, 0.3) is 0 Å². The lowest BCUT2D eigenvalue weighted by atomic mass is 10.0. The van der Waals surface area contributed by atoms with Crippen molar-refractivity contribution in [1.82, 2.24) is 4.90 Å². The molecule has 0 unspecified atom stereocenters. The van der Waals surface area contributed by atoms with E-state index in [-0.39, 0.29) is 23.2 Å². The predicted octanol–water partition coefficient (Wildman–Crippen LogP) is 2.87. The van der Waals surface area contributed by atoms with Crippen LogP contribution in [0.3, 0.4) is 0 Å². The highest BCUT2D eigenvalue weighted by Crippen LogP contribution is 2.28. The molecule has 2 aliphatic rings. The number of benzene rings is 1. The Bertz CT molecular complexity index is 603. The summed E-state index contributed by atoms with van der Waals surface area (Å²) in [4.78, 5) is 28.2. The van der Waals surface area contributed by atoms with Crippen molar-refractivity contribution in [1.29, 1.82) is 0 Å². The molecule has 0 radical (unpaired) electrons. The lowest BCUT2D eigenvalue weighted by Gasteiger charge is -2.37. The number of rotatable bonds is 3. The Balaban J connectivity index is 1.69. The fourth-order valence-corrected chi connectivity index (χ4v) is 3.72. The lowest BCUT2D eigenvalue weighted by Crippen LogP contribution is -2.50. The van der Waals surface area contributed by atoms with E-state index >= 15 is 0 Å². The molecular formula is C18H23FN2O2. The minimum Gasteiger partial charge on any atom is -0.367 e. The van der Waals surface area contributed by atoms with Crippen LogP contribution in [-0.4, -0.2) is 42.8 Å². The topological polar surface area (TPSA) is 40.6 Å². The highest BCUT2D eigenvalue weighted by molar-refractivity contribution is 6.00. The molecule has 1 saturated carbocycles. The van der Waals surface area contributed by atoms with Gasteiger partial charge in [0.2, 0.25) is 5.91 Å². The first-order valence-electron chi connectivity index (χ1n) is 8.41. The second-order valence-corrected chi connectivity index (χ2v) is 6.48. The summed E-state index contributed by atoms with van der Waals surface area (Å²) in [6, 6.07) is 4.74. The molecule has 1 amide bonds. The maximum absolute atomic E-state index is 14.0. The molecule has 1 aromatic carbocycles. The normalized spacial score (nSPS) is 19.2. The molecule has 0 spiro atoms. The van der Waals surface area contributed by atoms with E-state index in [1.807, 2.05) is 9.80 Å². The fourth-order valence-electron chi connectivity index (χ4n) is 3.72. The lowest BCUT2D eigenvalue weighted by molar-refractivity contribution is -0.135. The maximum atomic E-state index is 14.0. The second kappa shape index (κ2) is 6.69. The summed E-state index contributed by atoms with van der Waals surface area (Å²) in [5.41, 5.74) is 0.800. The molecule has 1 aromatic rings. The zero-order valence-electron chi connectivity index (χ0n) is 13.6. The molecule has 3 rings (SSSR count). The Morgan fingerprint density at radius 2 is 1.74 bits per heavy atom. The number of hydrogen-bond acceptors (Lipinski definition) is 3. The largest absolute Gasteiger partial charge is 0.367 e. The van der Waals surface area contributed by atoms with Gasteiger partial charge in [-0.15, -0.1) is 0 Å². The van der Waals surface area contributed by atoms with E-state index in [0.717, 1.165) is 25.7 Å². The number of anilines is 1. The summed E-state index contributed by atoms with van der Waals surface area (Å²) in [5, 5.41) is 0. The summed E-state index contributed by atoms with van der Waals surface area (Å²) < 4.78 is 14.0. The number of Topliss-reactive ketones (excluding diaryl/α,β-unsaturated/α-hetero) is 1. The van der Waals surface area contributed by atoms with Gasteiger partial charge in [0.15, 0.2) is 5.78 Å². The summed E-state index contributed by atoms with van der Waals surface area (Å²) in [6.45, 7) is 3.96. The van der Waals surface area contributed by atoms with E-state index in [1.54, 1.807) is 12.1 Å². The van der Waals surface area contributed by atoms with Gasteiger partial charge in [0, 0.05) is 32.1 Å². The number of piperazine rings is 1. The smallest absolute Gasteiger partial charge is 0.225 e. The number of carbonyl (C=O) groups is 2. The number of nitrogens with zero attached hydrogens (tertiary/aromatic N) is 2. The van der Waals surface area contributed by atoms with Crippen LogP contribution in [0.1, 0.15) is 43.0 Å². The zero-order chi connectivity index (χ0) is 16.4. The third-order valence-electron chi connectivity index (χ3n) is 4.98. The molecule has 0 aromatic heterocycles. The van der Waals surface area contributed by atoms with Gasteiger partial charge in [0.05, 0.1) is 11.3 Å². The number of carbonyl (C=O) groups excluding carboxylic acids is 2. The van der Waals surface area contributed by atoms with E-state index in [2.05, 4.69) is 0 Å². The number of hydrogen-bond donors (Lipinski definition) is 0. The quantitative estimate of drug-likeness (QED) is 0.805. The van der Waals surface area contributed by atoms with Gasteiger partial charge in [0.1, 0.15) is 5.82 Å². The average molecular weight is 318 g/mol. The van der Waals surface area contributed by atoms with Crippen LogP contribution in [-0.2, 0) is 4.79 Å². The monoisotopic (exact) mass is 318 g/mol. The highest BCUT2D eigenvalue weighted by atomic mass is 19.1. The van der Waals surface area contributed by atoms with Gasteiger partial charge in [-0.25, -0.2) is 4.39 Å². The fraction of sp³-hybridized carbons (Fsp3) is 0.556. The van der Waals surface area contributed by atoms with Crippen molar-refractivity contribution in [2.24, 2.45) is 5.92 Å². The molecule has 1 saturated heterocycles. The first-order chi connectivity index (χ1) is 11.1. The van der Waals surface area contributed by atoms with E-state index in [1.165, 1.54) is 13.0 Å². The van der Waals surface area contributed by atoms with Crippen LogP contribution in [0.4, 0.5) is 10.1 Å². The van der Waals surface area contributed by atoms with Gasteiger partial charge in [-0.3, -0.25) is 9.59 Å². The molecular weight excluding hydrogens is 295 g/mol. The molecule has 124 valence electrons. The van der Waals surface area contributed by atoms with Gasteiger partial charge >= 0.3 is 0 Å². The van der Waals surface area contributed by atoms with Crippen molar-refractivity contribution in [3.05, 3.63) is 29.6 Å². The molecule has 5 heteroatoms. The van der Waals surface area contributed by atoms with Gasteiger partial charge in [-0.05, 0) is 31.9 Å². The summed E-state index contributed by atoms with van der Waals surface area (Å²) in [5.74, 6) is -0.265. The van der Waals surface area contributed by atoms with Crippen molar-refractivity contribution in [2.75, 3.05) is 31.1 Å². The predicted molar refractivity (Wildman–Crippen MR) is 87.2 cm³/mol. The van der Waals surface area contributed by atoms with E-state index < -0.39 is 5.82 Å². The molecule has 0 atom stereocenters. The Kier molecular flexibility index (Phi) is 4.64. The third kappa shape index (κ3) is 3.23. The van der Waals surface area contributed by atoms with Crippen LogP contribution in [0.2, 0.25) is 0 Å². The number of amides is 1. The standard InChI is InChI=1S/C18H23FN2O2/c1-13(22)17-15(19)7-4-8-16(17)20-9-11-21(12-10-20)18(23)14-5-2-3-6-14/h4,7-8,14H,2-3,5-6,9-12H2,1H3. The molecule has 1 aliphatic carbocycles. The van der Waals surface area contributed by atoms with Crippen molar-refractivity contribution in [3.8, 4) is 0 Å². The Morgan fingerprint density at radius 1 is 1.09 bits per heavy atom. The van der Waals surface area contributed by atoms with Crippen molar-refractivity contribution >= 4 is 17.4 Å². The minimum atomic E-state index is -0.473. The van der Waals surface area contributed by atoms with E-state index in [4.69, 9.17) is 0 Å². The molecule has 2 fully saturated rings. The van der Waals surface area contributed by atoms with Gasteiger partial charge in [0.25, 0.3) is 0 Å². The first kappa shape index (κ1) is 16.0. The van der Waals surface area contributed by atoms with Crippen molar-refractivity contribution < 1.29 is 14.0 Å². The highest BCUT2D eigenvalue weighted by Gasteiger charge is 2.30. The van der Waals surface area contributed by atoms with Crippen LogP contribution in [0.15, 0.2) is 18.2 Å². The van der Waals surface area contributed by atoms with E-state index in [0.29, 0.717) is 31.9 Å². The van der Waals surface area contributed by atoms with Crippen LogP contribution < -0.4 is 4.90 Å². The SMILES string of the molecule is CC(=O)c1c(F)cccc1N1CCN(C(=O)C2CCCC2)CC1. The van der Waals surface area contributed by atoms with Crippen LogP contribution >= 0.6 is 0 Å². The van der Waals surface area contributed by atoms with Crippen LogP contribution in [0.5, 0.6) is 0 Å². The molecule has 1 aliphatic heterocycles. The molecule has 1 heterocycles. The average Bonchev–Trinajstić information content (AvgIpc) is 3.08.